The van der Waals surface area contributed by atoms with Crippen LogP contribution in [0.15, 0.2) is 53.4 Å². The molecule has 0 spiro atoms. The van der Waals surface area contributed by atoms with Crippen LogP contribution < -0.4 is 5.32 Å². The summed E-state index contributed by atoms with van der Waals surface area (Å²) in [6, 6.07) is 14.7. The average molecular weight is 444 g/mol. The molecule has 3 rings (SSSR count). The van der Waals surface area contributed by atoms with Crippen LogP contribution in [0.1, 0.15) is 50.7 Å². The molecule has 1 N–H and O–H groups in total. The number of carbonyl (C=O) groups excluding carboxylic acids is 1. The fourth-order valence-corrected chi connectivity index (χ4v) is 5.39. The molecule has 7 heteroatoms. The number of amides is 1. The molecule has 1 aliphatic rings. The second kappa shape index (κ2) is 9.94. The van der Waals surface area contributed by atoms with Gasteiger partial charge in [-0.05, 0) is 35.1 Å². The van der Waals surface area contributed by atoms with Gasteiger partial charge < -0.3 is 5.32 Å². The van der Waals surface area contributed by atoms with Gasteiger partial charge >= 0.3 is 0 Å². The first-order valence-electron chi connectivity index (χ1n) is 10.9. The van der Waals surface area contributed by atoms with Crippen LogP contribution in [0.4, 0.5) is 5.69 Å². The van der Waals surface area contributed by atoms with Crippen molar-refractivity contribution in [3.63, 3.8) is 0 Å². The Kier molecular flexibility index (Phi) is 7.51. The van der Waals surface area contributed by atoms with Gasteiger partial charge in [-0.1, -0.05) is 64.1 Å². The van der Waals surface area contributed by atoms with Gasteiger partial charge in [-0.25, -0.2) is 8.42 Å². The SMILES string of the molecule is CC(C)c1cccc(C(C)C)c1NC(=O)CN1CCN(S(=O)(=O)c2ccccc2)CC1. The van der Waals surface area contributed by atoms with Crippen LogP contribution in [-0.4, -0.2) is 56.3 Å². The van der Waals surface area contributed by atoms with Crippen LogP contribution in [-0.2, 0) is 14.8 Å². The fourth-order valence-electron chi connectivity index (χ4n) is 3.95. The van der Waals surface area contributed by atoms with Gasteiger partial charge in [-0.15, -0.1) is 0 Å². The minimum absolute atomic E-state index is 0.0608. The molecule has 6 nitrogen and oxygen atoms in total. The minimum Gasteiger partial charge on any atom is -0.324 e. The van der Waals surface area contributed by atoms with E-state index < -0.39 is 10.0 Å². The molecule has 1 heterocycles. The third kappa shape index (κ3) is 5.53. The van der Waals surface area contributed by atoms with Crippen molar-refractivity contribution in [2.45, 2.75) is 44.4 Å². The monoisotopic (exact) mass is 443 g/mol. The lowest BCUT2D eigenvalue weighted by Gasteiger charge is -2.33. The number of benzene rings is 2. The molecule has 1 aliphatic heterocycles. The van der Waals surface area contributed by atoms with E-state index in [0.717, 1.165) is 16.8 Å². The third-order valence-electron chi connectivity index (χ3n) is 5.72. The van der Waals surface area contributed by atoms with E-state index in [1.807, 2.05) is 11.0 Å². The highest BCUT2D eigenvalue weighted by molar-refractivity contribution is 7.89. The smallest absolute Gasteiger partial charge is 0.243 e. The molecule has 2 aromatic carbocycles. The fraction of sp³-hybridized carbons (Fsp3) is 0.458. The maximum absolute atomic E-state index is 12.8. The van der Waals surface area contributed by atoms with Gasteiger partial charge in [-0.3, -0.25) is 9.69 Å². The highest BCUT2D eigenvalue weighted by atomic mass is 32.2. The number of nitrogens with zero attached hydrogens (tertiary/aromatic N) is 2. The standard InChI is InChI=1S/C24H33N3O3S/c1-18(2)21-11-8-12-22(19(3)4)24(21)25-23(28)17-26-13-15-27(16-14-26)31(29,30)20-9-6-5-7-10-20/h5-12,18-19H,13-17H2,1-4H3,(H,25,28). The maximum Gasteiger partial charge on any atom is 0.243 e. The van der Waals surface area contributed by atoms with Crippen molar-refractivity contribution in [1.29, 1.82) is 0 Å². The summed E-state index contributed by atoms with van der Waals surface area (Å²) in [7, 11) is -3.49. The zero-order chi connectivity index (χ0) is 22.6. The summed E-state index contributed by atoms with van der Waals surface area (Å²) < 4.78 is 27.1. The van der Waals surface area contributed by atoms with Gasteiger partial charge in [0, 0.05) is 31.9 Å². The lowest BCUT2D eigenvalue weighted by molar-refractivity contribution is -0.117. The molecule has 31 heavy (non-hydrogen) atoms. The summed E-state index contributed by atoms with van der Waals surface area (Å²) in [4.78, 5) is 15.2. The van der Waals surface area contributed by atoms with Crippen LogP contribution in [0.2, 0.25) is 0 Å². The number of carbonyl (C=O) groups is 1. The average Bonchev–Trinajstić information content (AvgIpc) is 2.74. The molecule has 0 radical (unpaired) electrons. The van der Waals surface area contributed by atoms with Crippen molar-refractivity contribution in [1.82, 2.24) is 9.21 Å². The largest absolute Gasteiger partial charge is 0.324 e. The number of anilines is 1. The molecule has 1 saturated heterocycles. The van der Waals surface area contributed by atoms with Crippen molar-refractivity contribution in [3.05, 3.63) is 59.7 Å². The Morgan fingerprint density at radius 1 is 0.871 bits per heavy atom. The number of piperazine rings is 1. The Hall–Kier alpha value is -2.22. The summed E-state index contributed by atoms with van der Waals surface area (Å²) in [5.74, 6) is 0.552. The van der Waals surface area contributed by atoms with Gasteiger partial charge in [0.25, 0.3) is 0 Å². The van der Waals surface area contributed by atoms with Crippen LogP contribution in [0, 0.1) is 0 Å². The molecule has 0 saturated carbocycles. The first kappa shape index (κ1) is 23.4. The van der Waals surface area contributed by atoms with Gasteiger partial charge in [-0.2, -0.15) is 4.31 Å². The molecule has 2 aromatic rings. The lowest BCUT2D eigenvalue weighted by Crippen LogP contribution is -2.50. The van der Waals surface area contributed by atoms with E-state index in [2.05, 4.69) is 45.1 Å². The van der Waals surface area contributed by atoms with E-state index in [0.29, 0.717) is 42.9 Å². The first-order chi connectivity index (χ1) is 14.7. The molecule has 168 valence electrons. The number of sulfonamides is 1. The van der Waals surface area contributed by atoms with Gasteiger partial charge in [0.2, 0.25) is 15.9 Å². The second-order valence-corrected chi connectivity index (χ2v) is 10.6. The predicted octanol–water partition coefficient (Wildman–Crippen LogP) is 3.88. The molecular formula is C24H33N3O3S. The number of hydrogen-bond donors (Lipinski definition) is 1. The minimum atomic E-state index is -3.49. The zero-order valence-corrected chi connectivity index (χ0v) is 19.7. The molecular weight excluding hydrogens is 410 g/mol. The molecule has 0 aliphatic carbocycles. The Bertz CT molecular complexity index is 970. The summed E-state index contributed by atoms with van der Waals surface area (Å²) in [5.41, 5.74) is 3.19. The van der Waals surface area contributed by atoms with E-state index in [9.17, 15) is 13.2 Å². The van der Waals surface area contributed by atoms with Crippen LogP contribution in [0.25, 0.3) is 0 Å². The lowest BCUT2D eigenvalue weighted by atomic mass is 9.92. The van der Waals surface area contributed by atoms with Crippen molar-refractivity contribution in [2.75, 3.05) is 38.0 Å². The van der Waals surface area contributed by atoms with Crippen molar-refractivity contribution in [3.8, 4) is 0 Å². The Balaban J connectivity index is 1.63. The number of para-hydroxylation sites is 1. The number of rotatable bonds is 7. The van der Waals surface area contributed by atoms with Crippen LogP contribution in [0.5, 0.6) is 0 Å². The normalized spacial score (nSPS) is 16.1. The zero-order valence-electron chi connectivity index (χ0n) is 18.8. The molecule has 1 amide bonds. The van der Waals surface area contributed by atoms with E-state index in [1.165, 1.54) is 4.31 Å². The number of hydrogen-bond acceptors (Lipinski definition) is 4. The Labute approximate surface area is 186 Å². The summed E-state index contributed by atoms with van der Waals surface area (Å²) in [5, 5.41) is 3.14. The predicted molar refractivity (Wildman–Crippen MR) is 125 cm³/mol. The number of nitrogens with one attached hydrogen (secondary N) is 1. The third-order valence-corrected chi connectivity index (χ3v) is 7.63. The van der Waals surface area contributed by atoms with Gasteiger partial charge in [0.1, 0.15) is 0 Å². The topological polar surface area (TPSA) is 69.7 Å². The van der Waals surface area contributed by atoms with E-state index in [1.54, 1.807) is 30.3 Å². The van der Waals surface area contributed by atoms with Crippen LogP contribution >= 0.6 is 0 Å². The highest BCUT2D eigenvalue weighted by Gasteiger charge is 2.29. The second-order valence-electron chi connectivity index (χ2n) is 8.66. The first-order valence-corrected chi connectivity index (χ1v) is 12.3. The Morgan fingerprint density at radius 3 is 1.94 bits per heavy atom. The highest BCUT2D eigenvalue weighted by Crippen LogP contribution is 2.32. The summed E-state index contributed by atoms with van der Waals surface area (Å²) >= 11 is 0. The van der Waals surface area contributed by atoms with E-state index in [-0.39, 0.29) is 12.5 Å². The van der Waals surface area contributed by atoms with Crippen molar-refractivity contribution < 1.29 is 13.2 Å². The maximum atomic E-state index is 12.8. The molecule has 0 aromatic heterocycles. The van der Waals surface area contributed by atoms with E-state index in [4.69, 9.17) is 0 Å². The van der Waals surface area contributed by atoms with Gasteiger partial charge in [0.15, 0.2) is 0 Å². The molecule has 0 bridgehead atoms. The van der Waals surface area contributed by atoms with Crippen LogP contribution in [0.3, 0.4) is 0 Å². The molecule has 0 atom stereocenters. The molecule has 1 fully saturated rings. The van der Waals surface area contributed by atoms with Crippen molar-refractivity contribution in [2.24, 2.45) is 0 Å². The summed E-state index contributed by atoms with van der Waals surface area (Å²) in [6.07, 6.45) is 0. The van der Waals surface area contributed by atoms with Crippen molar-refractivity contribution >= 4 is 21.6 Å². The van der Waals surface area contributed by atoms with Gasteiger partial charge in [0.05, 0.1) is 11.4 Å². The van der Waals surface area contributed by atoms with E-state index >= 15 is 0 Å². The molecule has 0 unspecified atom stereocenters. The Morgan fingerprint density at radius 2 is 1.42 bits per heavy atom. The quantitative estimate of drug-likeness (QED) is 0.705. The summed E-state index contributed by atoms with van der Waals surface area (Å²) in [6.45, 7) is 10.6.